The van der Waals surface area contributed by atoms with E-state index in [1.807, 2.05) is 19.2 Å². The number of carbonyl (C=O) groups is 1. The van der Waals surface area contributed by atoms with Crippen molar-refractivity contribution in [3.05, 3.63) is 39.8 Å². The molecule has 3 aromatic rings. The van der Waals surface area contributed by atoms with Crippen LogP contribution in [0.4, 0.5) is 10.8 Å². The van der Waals surface area contributed by atoms with Gasteiger partial charge in [0, 0.05) is 10.9 Å². The lowest BCUT2D eigenvalue weighted by Gasteiger charge is -2.10. The number of hydrogen-bond donors (Lipinski definition) is 2. The number of methoxy groups -OCH3 is 1. The van der Waals surface area contributed by atoms with Crippen LogP contribution in [0.25, 0.3) is 10.6 Å². The molecule has 124 valence electrons. The van der Waals surface area contributed by atoms with E-state index in [4.69, 9.17) is 10.5 Å². The minimum absolute atomic E-state index is 0.406. The Kier molecular flexibility index (Phi) is 4.50. The smallest absolute Gasteiger partial charge is 0.248 e. The number of benzene rings is 1. The first kappa shape index (κ1) is 16.4. The second kappa shape index (κ2) is 6.58. The average Bonchev–Trinajstić information content (AvgIpc) is 3.13. The van der Waals surface area contributed by atoms with Gasteiger partial charge in [-0.1, -0.05) is 0 Å². The molecule has 24 heavy (non-hydrogen) atoms. The zero-order valence-electron chi connectivity index (χ0n) is 13.4. The summed E-state index contributed by atoms with van der Waals surface area (Å²) < 4.78 is 5.32. The normalized spacial score (nSPS) is 10.6. The summed E-state index contributed by atoms with van der Waals surface area (Å²) >= 11 is 3.10. The summed E-state index contributed by atoms with van der Waals surface area (Å²) in [7, 11) is 1.57. The third kappa shape index (κ3) is 3.24. The molecule has 3 rings (SSSR count). The van der Waals surface area contributed by atoms with E-state index in [2.05, 4.69) is 15.3 Å². The molecule has 0 saturated heterocycles. The Balaban J connectivity index is 1.91. The number of nitrogens with one attached hydrogen (secondary N) is 1. The zero-order chi connectivity index (χ0) is 17.3. The van der Waals surface area contributed by atoms with Crippen LogP contribution >= 0.6 is 22.7 Å². The maximum atomic E-state index is 11.4. The quantitative estimate of drug-likeness (QED) is 0.723. The highest BCUT2D eigenvalue weighted by molar-refractivity contribution is 7.16. The van der Waals surface area contributed by atoms with Crippen LogP contribution in [-0.2, 0) is 0 Å². The number of carbonyl (C=O) groups excluding carboxylic acids is 1. The molecule has 8 heteroatoms. The lowest BCUT2D eigenvalue weighted by atomic mass is 10.2. The molecule has 0 unspecified atom stereocenters. The van der Waals surface area contributed by atoms with Gasteiger partial charge in [0.1, 0.15) is 5.75 Å². The summed E-state index contributed by atoms with van der Waals surface area (Å²) in [5.41, 5.74) is 8.25. The topological polar surface area (TPSA) is 90.1 Å². The lowest BCUT2D eigenvalue weighted by Crippen LogP contribution is -2.11. The van der Waals surface area contributed by atoms with Gasteiger partial charge in [0.2, 0.25) is 5.91 Å². The van der Waals surface area contributed by atoms with Gasteiger partial charge < -0.3 is 15.8 Å². The highest BCUT2D eigenvalue weighted by Gasteiger charge is 2.13. The second-order valence-corrected chi connectivity index (χ2v) is 7.15. The van der Waals surface area contributed by atoms with Crippen molar-refractivity contribution in [2.45, 2.75) is 13.8 Å². The van der Waals surface area contributed by atoms with Crippen molar-refractivity contribution in [2.24, 2.45) is 5.73 Å². The third-order valence-corrected chi connectivity index (χ3v) is 5.22. The molecule has 0 atom stereocenters. The van der Waals surface area contributed by atoms with E-state index >= 15 is 0 Å². The number of rotatable bonds is 5. The van der Waals surface area contributed by atoms with Gasteiger partial charge in [-0.05, 0) is 32.0 Å². The Labute approximate surface area is 147 Å². The number of primary amides is 1. The third-order valence-electron chi connectivity index (χ3n) is 3.37. The fourth-order valence-electron chi connectivity index (χ4n) is 2.28. The zero-order valence-corrected chi connectivity index (χ0v) is 15.0. The van der Waals surface area contributed by atoms with Crippen LogP contribution in [0.2, 0.25) is 0 Å². The molecule has 0 fully saturated rings. The van der Waals surface area contributed by atoms with Crippen LogP contribution in [0.1, 0.15) is 21.1 Å². The van der Waals surface area contributed by atoms with Crippen molar-refractivity contribution in [2.75, 3.05) is 12.4 Å². The highest BCUT2D eigenvalue weighted by atomic mass is 32.1. The van der Waals surface area contributed by atoms with Crippen LogP contribution in [-0.4, -0.2) is 23.0 Å². The van der Waals surface area contributed by atoms with E-state index in [0.717, 1.165) is 21.3 Å². The lowest BCUT2D eigenvalue weighted by molar-refractivity contribution is 0.100. The van der Waals surface area contributed by atoms with E-state index in [1.165, 1.54) is 11.3 Å². The van der Waals surface area contributed by atoms with Gasteiger partial charge in [0.25, 0.3) is 0 Å². The van der Waals surface area contributed by atoms with Crippen LogP contribution in [0.15, 0.2) is 23.6 Å². The molecule has 3 N–H and O–H groups in total. The van der Waals surface area contributed by atoms with Crippen molar-refractivity contribution in [3.63, 3.8) is 0 Å². The molecular weight excluding hydrogens is 344 g/mol. The fourth-order valence-corrected chi connectivity index (χ4v) is 3.95. The first-order valence-corrected chi connectivity index (χ1v) is 8.82. The number of hydrogen-bond acceptors (Lipinski definition) is 7. The SMILES string of the molecule is COc1ccc(C(N)=O)cc1Nc1nc(-c2sc(C)nc2C)cs1. The summed E-state index contributed by atoms with van der Waals surface area (Å²) in [6.07, 6.45) is 0. The molecule has 0 saturated carbocycles. The minimum atomic E-state index is -0.490. The Morgan fingerprint density at radius 2 is 2.08 bits per heavy atom. The summed E-state index contributed by atoms with van der Waals surface area (Å²) in [6.45, 7) is 3.96. The molecule has 1 amide bonds. The number of amides is 1. The average molecular weight is 360 g/mol. The van der Waals surface area contributed by atoms with Gasteiger partial charge in [-0.3, -0.25) is 4.79 Å². The number of ether oxygens (including phenoxy) is 1. The van der Waals surface area contributed by atoms with E-state index in [0.29, 0.717) is 22.1 Å². The maximum absolute atomic E-state index is 11.4. The van der Waals surface area contributed by atoms with Crippen LogP contribution < -0.4 is 15.8 Å². The molecule has 0 aliphatic heterocycles. The van der Waals surface area contributed by atoms with Crippen LogP contribution in [0.3, 0.4) is 0 Å². The second-order valence-electron chi connectivity index (χ2n) is 5.09. The van der Waals surface area contributed by atoms with Crippen molar-refractivity contribution in [1.82, 2.24) is 9.97 Å². The van der Waals surface area contributed by atoms with Crippen molar-refractivity contribution in [3.8, 4) is 16.3 Å². The maximum Gasteiger partial charge on any atom is 0.248 e. The molecule has 0 aliphatic rings. The molecule has 0 radical (unpaired) electrons. The molecule has 0 aliphatic carbocycles. The van der Waals surface area contributed by atoms with Gasteiger partial charge in [0.05, 0.1) is 34.1 Å². The van der Waals surface area contributed by atoms with Gasteiger partial charge in [-0.2, -0.15) is 0 Å². The first-order chi connectivity index (χ1) is 11.5. The standard InChI is InChI=1S/C16H16N4O2S2/c1-8-14(24-9(2)18-8)12-7-23-16(20-12)19-11-6-10(15(17)21)4-5-13(11)22-3/h4-7H,1-3H3,(H2,17,21)(H,19,20). The summed E-state index contributed by atoms with van der Waals surface area (Å²) in [5.74, 6) is 0.123. The Bertz CT molecular complexity index is 901. The predicted octanol–water partition coefficient (Wildman–Crippen LogP) is 3.73. The van der Waals surface area contributed by atoms with Gasteiger partial charge >= 0.3 is 0 Å². The van der Waals surface area contributed by atoms with Gasteiger partial charge in [-0.25, -0.2) is 9.97 Å². The molecule has 0 bridgehead atoms. The summed E-state index contributed by atoms with van der Waals surface area (Å²) in [5, 5.41) is 6.89. The van der Waals surface area contributed by atoms with Crippen molar-refractivity contribution < 1.29 is 9.53 Å². The van der Waals surface area contributed by atoms with Gasteiger partial charge in [-0.15, -0.1) is 22.7 Å². The monoisotopic (exact) mass is 360 g/mol. The molecule has 0 spiro atoms. The number of thiazole rings is 2. The predicted molar refractivity (Wildman–Crippen MR) is 97.5 cm³/mol. The van der Waals surface area contributed by atoms with E-state index < -0.39 is 5.91 Å². The number of aromatic nitrogens is 2. The highest BCUT2D eigenvalue weighted by Crippen LogP contribution is 2.35. The largest absolute Gasteiger partial charge is 0.495 e. The Morgan fingerprint density at radius 3 is 2.71 bits per heavy atom. The first-order valence-electron chi connectivity index (χ1n) is 7.12. The fraction of sp³-hybridized carbons (Fsp3) is 0.188. The molecule has 2 aromatic heterocycles. The summed E-state index contributed by atoms with van der Waals surface area (Å²) in [4.78, 5) is 21.5. The minimum Gasteiger partial charge on any atom is -0.495 e. The van der Waals surface area contributed by atoms with Crippen LogP contribution in [0, 0.1) is 13.8 Å². The number of aryl methyl sites for hydroxylation is 2. The van der Waals surface area contributed by atoms with E-state index in [9.17, 15) is 4.79 Å². The molecule has 1 aromatic carbocycles. The van der Waals surface area contributed by atoms with Crippen molar-refractivity contribution in [1.29, 1.82) is 0 Å². The number of nitrogens with two attached hydrogens (primary N) is 1. The number of nitrogens with zero attached hydrogens (tertiary/aromatic N) is 2. The van der Waals surface area contributed by atoms with Gasteiger partial charge in [0.15, 0.2) is 5.13 Å². The van der Waals surface area contributed by atoms with Crippen LogP contribution in [0.5, 0.6) is 5.75 Å². The Morgan fingerprint density at radius 1 is 1.29 bits per heavy atom. The van der Waals surface area contributed by atoms with Crippen molar-refractivity contribution >= 4 is 39.4 Å². The van der Waals surface area contributed by atoms with E-state index in [-0.39, 0.29) is 0 Å². The van der Waals surface area contributed by atoms with E-state index in [1.54, 1.807) is 36.6 Å². The molecule has 2 heterocycles. The Hall–Kier alpha value is -2.45. The molecular formula is C16H16N4O2S2. The summed E-state index contributed by atoms with van der Waals surface area (Å²) in [6, 6.07) is 4.99. The number of anilines is 2. The molecule has 6 nitrogen and oxygen atoms in total.